The number of carbonyl (C=O) groups is 2. The molecule has 0 saturated heterocycles. The normalized spacial score (nSPS) is 13.9. The van der Waals surface area contributed by atoms with Crippen molar-refractivity contribution in [1.29, 1.82) is 0 Å². The molecular formula is C15H20N2O3. The Morgan fingerprint density at radius 3 is 2.55 bits per heavy atom. The highest BCUT2D eigenvalue weighted by molar-refractivity contribution is 5.90. The van der Waals surface area contributed by atoms with E-state index in [0.717, 1.165) is 16.8 Å². The van der Waals surface area contributed by atoms with Crippen LogP contribution in [0.4, 0.5) is 10.5 Å². The van der Waals surface area contributed by atoms with Gasteiger partial charge < -0.3 is 10.1 Å². The molecule has 1 aromatic carbocycles. The number of carbonyl (C=O) groups excluding carboxylic acids is 2. The van der Waals surface area contributed by atoms with Crippen LogP contribution < -0.4 is 5.32 Å². The van der Waals surface area contributed by atoms with E-state index in [9.17, 15) is 9.59 Å². The molecule has 1 aliphatic rings. The summed E-state index contributed by atoms with van der Waals surface area (Å²) in [6.45, 7) is 7.98. The second-order valence-electron chi connectivity index (χ2n) is 5.96. The van der Waals surface area contributed by atoms with Crippen LogP contribution in [0.2, 0.25) is 0 Å². The van der Waals surface area contributed by atoms with Crippen molar-refractivity contribution in [3.63, 3.8) is 0 Å². The lowest BCUT2D eigenvalue weighted by Crippen LogP contribution is -2.33. The molecule has 1 aliphatic heterocycles. The van der Waals surface area contributed by atoms with Crippen molar-refractivity contribution in [2.45, 2.75) is 46.4 Å². The second-order valence-corrected chi connectivity index (χ2v) is 5.96. The van der Waals surface area contributed by atoms with Gasteiger partial charge in [-0.1, -0.05) is 12.1 Å². The Hall–Kier alpha value is -2.04. The van der Waals surface area contributed by atoms with Crippen LogP contribution in [0.5, 0.6) is 0 Å². The van der Waals surface area contributed by atoms with E-state index in [0.29, 0.717) is 13.1 Å². The summed E-state index contributed by atoms with van der Waals surface area (Å²) < 4.78 is 5.37. The number of ether oxygens (including phenoxy) is 1. The van der Waals surface area contributed by atoms with Crippen molar-refractivity contribution in [3.05, 3.63) is 29.3 Å². The molecule has 0 aliphatic carbocycles. The predicted molar refractivity (Wildman–Crippen MR) is 76.2 cm³/mol. The number of fused-ring (bicyclic) bond motifs is 1. The van der Waals surface area contributed by atoms with Crippen molar-refractivity contribution in [1.82, 2.24) is 4.90 Å². The summed E-state index contributed by atoms with van der Waals surface area (Å²) >= 11 is 0. The first-order valence-corrected chi connectivity index (χ1v) is 6.62. The summed E-state index contributed by atoms with van der Waals surface area (Å²) in [5.41, 5.74) is 2.28. The highest BCUT2D eigenvalue weighted by Crippen LogP contribution is 2.30. The van der Waals surface area contributed by atoms with Crippen molar-refractivity contribution in [2.75, 3.05) is 5.32 Å². The van der Waals surface area contributed by atoms with Gasteiger partial charge in [0.2, 0.25) is 5.91 Å². The topological polar surface area (TPSA) is 58.6 Å². The maximum atomic E-state index is 12.1. The minimum atomic E-state index is -0.508. The number of benzene rings is 1. The molecule has 0 fully saturated rings. The molecule has 5 nitrogen and oxygen atoms in total. The Labute approximate surface area is 118 Å². The molecule has 0 saturated carbocycles. The largest absolute Gasteiger partial charge is 0.444 e. The summed E-state index contributed by atoms with van der Waals surface area (Å²) in [5.74, 6) is -0.117. The van der Waals surface area contributed by atoms with E-state index in [1.165, 1.54) is 6.92 Å². The summed E-state index contributed by atoms with van der Waals surface area (Å²) in [6.07, 6.45) is -0.331. The van der Waals surface area contributed by atoms with Crippen LogP contribution in [-0.2, 0) is 22.6 Å². The first kappa shape index (κ1) is 14.4. The van der Waals surface area contributed by atoms with Crippen LogP contribution in [0.1, 0.15) is 38.8 Å². The van der Waals surface area contributed by atoms with Gasteiger partial charge in [-0.05, 0) is 32.4 Å². The van der Waals surface area contributed by atoms with E-state index in [2.05, 4.69) is 5.32 Å². The third-order valence-corrected chi connectivity index (χ3v) is 2.95. The van der Waals surface area contributed by atoms with Crippen molar-refractivity contribution < 1.29 is 14.3 Å². The zero-order valence-electron chi connectivity index (χ0n) is 12.3. The molecule has 1 aromatic rings. The molecule has 0 bridgehead atoms. The lowest BCUT2D eigenvalue weighted by Gasteiger charge is -2.24. The minimum Gasteiger partial charge on any atom is -0.444 e. The molecule has 2 amide bonds. The van der Waals surface area contributed by atoms with Crippen molar-refractivity contribution in [3.8, 4) is 0 Å². The second kappa shape index (κ2) is 5.15. The van der Waals surface area contributed by atoms with Gasteiger partial charge in [-0.3, -0.25) is 9.69 Å². The fraction of sp³-hybridized carbons (Fsp3) is 0.467. The summed E-state index contributed by atoms with van der Waals surface area (Å²) in [5, 5.41) is 2.80. The Bertz CT molecular complexity index is 547. The smallest absolute Gasteiger partial charge is 0.410 e. The van der Waals surface area contributed by atoms with Gasteiger partial charge in [-0.25, -0.2) is 4.79 Å². The van der Waals surface area contributed by atoms with E-state index in [4.69, 9.17) is 4.74 Å². The van der Waals surface area contributed by atoms with Gasteiger partial charge in [-0.15, -0.1) is 0 Å². The van der Waals surface area contributed by atoms with Gasteiger partial charge >= 0.3 is 6.09 Å². The van der Waals surface area contributed by atoms with Crippen molar-refractivity contribution in [2.24, 2.45) is 0 Å². The van der Waals surface area contributed by atoms with Crippen LogP contribution in [0, 0.1) is 0 Å². The number of nitrogens with one attached hydrogen (secondary N) is 1. The van der Waals surface area contributed by atoms with E-state index in [1.54, 1.807) is 4.90 Å². The summed E-state index contributed by atoms with van der Waals surface area (Å²) in [4.78, 5) is 24.9. The summed E-state index contributed by atoms with van der Waals surface area (Å²) in [6, 6.07) is 5.69. The molecule has 0 radical (unpaired) electrons. The lowest BCUT2D eigenvalue weighted by atomic mass is 10.1. The summed E-state index contributed by atoms with van der Waals surface area (Å²) in [7, 11) is 0. The predicted octanol–water partition coefficient (Wildman–Crippen LogP) is 2.90. The zero-order chi connectivity index (χ0) is 14.9. The standard InChI is InChI=1S/C15H20N2O3/c1-10(18)16-13-7-5-6-11-8-17(9-12(11)13)14(19)20-15(2,3)4/h5-7H,8-9H2,1-4H3,(H,16,18). The molecule has 108 valence electrons. The molecule has 0 atom stereocenters. The van der Waals surface area contributed by atoms with E-state index in [1.807, 2.05) is 39.0 Å². The van der Waals surface area contributed by atoms with Gasteiger partial charge in [-0.2, -0.15) is 0 Å². The molecule has 0 spiro atoms. The van der Waals surface area contributed by atoms with Crippen LogP contribution >= 0.6 is 0 Å². The minimum absolute atomic E-state index is 0.117. The van der Waals surface area contributed by atoms with Crippen LogP contribution in [0.3, 0.4) is 0 Å². The van der Waals surface area contributed by atoms with E-state index < -0.39 is 5.60 Å². The zero-order valence-corrected chi connectivity index (χ0v) is 12.3. The Kier molecular flexibility index (Phi) is 3.70. The fourth-order valence-corrected chi connectivity index (χ4v) is 2.18. The van der Waals surface area contributed by atoms with Crippen LogP contribution in [-0.4, -0.2) is 22.5 Å². The van der Waals surface area contributed by atoms with Crippen LogP contribution in [0.25, 0.3) is 0 Å². The average Bonchev–Trinajstić information content (AvgIpc) is 2.70. The molecule has 5 heteroatoms. The van der Waals surface area contributed by atoms with E-state index in [-0.39, 0.29) is 12.0 Å². The van der Waals surface area contributed by atoms with Gasteiger partial charge in [0.25, 0.3) is 0 Å². The lowest BCUT2D eigenvalue weighted by molar-refractivity contribution is -0.114. The maximum Gasteiger partial charge on any atom is 0.410 e. The van der Waals surface area contributed by atoms with Crippen molar-refractivity contribution >= 4 is 17.7 Å². The number of rotatable bonds is 1. The molecule has 0 unspecified atom stereocenters. The van der Waals surface area contributed by atoms with Gasteiger partial charge in [0.1, 0.15) is 5.60 Å². The third-order valence-electron chi connectivity index (χ3n) is 2.95. The highest BCUT2D eigenvalue weighted by atomic mass is 16.6. The highest BCUT2D eigenvalue weighted by Gasteiger charge is 2.29. The maximum absolute atomic E-state index is 12.1. The molecule has 1 N–H and O–H groups in total. The molecule has 0 aromatic heterocycles. The Balaban J connectivity index is 2.15. The quantitative estimate of drug-likeness (QED) is 0.858. The van der Waals surface area contributed by atoms with E-state index >= 15 is 0 Å². The molecule has 1 heterocycles. The van der Waals surface area contributed by atoms with Gasteiger partial charge in [0, 0.05) is 24.7 Å². The first-order valence-electron chi connectivity index (χ1n) is 6.62. The third kappa shape index (κ3) is 3.29. The average molecular weight is 276 g/mol. The molecule has 2 rings (SSSR count). The molecular weight excluding hydrogens is 256 g/mol. The number of hydrogen-bond donors (Lipinski definition) is 1. The number of anilines is 1. The fourth-order valence-electron chi connectivity index (χ4n) is 2.18. The Morgan fingerprint density at radius 1 is 1.25 bits per heavy atom. The molecule has 20 heavy (non-hydrogen) atoms. The van der Waals surface area contributed by atoms with Gasteiger partial charge in [0.15, 0.2) is 0 Å². The SMILES string of the molecule is CC(=O)Nc1cccc2c1CN(C(=O)OC(C)(C)C)C2. The first-order chi connectivity index (χ1) is 9.26. The monoisotopic (exact) mass is 276 g/mol. The number of hydrogen-bond acceptors (Lipinski definition) is 3. The van der Waals surface area contributed by atoms with Crippen LogP contribution in [0.15, 0.2) is 18.2 Å². The van der Waals surface area contributed by atoms with Gasteiger partial charge in [0.05, 0.1) is 6.54 Å². The Morgan fingerprint density at radius 2 is 1.95 bits per heavy atom. The number of nitrogens with zero attached hydrogens (tertiary/aromatic N) is 1. The number of amides is 2.